The molecular formula is C13H15N3OS. The highest BCUT2D eigenvalue weighted by Gasteiger charge is 2.05. The number of hydrogen-bond acceptors (Lipinski definition) is 4. The monoisotopic (exact) mass is 261 g/mol. The van der Waals surface area contributed by atoms with Crippen molar-refractivity contribution in [2.45, 2.75) is 13.5 Å². The topological polar surface area (TPSA) is 67.2 Å². The zero-order chi connectivity index (χ0) is 13.0. The number of amides is 1. The van der Waals surface area contributed by atoms with Gasteiger partial charge in [-0.1, -0.05) is 0 Å². The highest BCUT2D eigenvalue weighted by atomic mass is 32.1. The fourth-order valence-electron chi connectivity index (χ4n) is 1.57. The Morgan fingerprint density at radius 1 is 1.22 bits per heavy atom. The molecule has 18 heavy (non-hydrogen) atoms. The van der Waals surface area contributed by atoms with E-state index in [2.05, 4.69) is 17.7 Å². The largest absolute Gasteiger partial charge is 0.347 e. The van der Waals surface area contributed by atoms with Crippen LogP contribution in [0.15, 0.2) is 36.4 Å². The Morgan fingerprint density at radius 3 is 2.50 bits per heavy atom. The van der Waals surface area contributed by atoms with Crippen molar-refractivity contribution in [2.24, 2.45) is 5.84 Å². The molecule has 2 rings (SSSR count). The van der Waals surface area contributed by atoms with Gasteiger partial charge < -0.3 is 10.7 Å². The van der Waals surface area contributed by atoms with Gasteiger partial charge in [0, 0.05) is 21.0 Å². The quantitative estimate of drug-likeness (QED) is 0.584. The van der Waals surface area contributed by atoms with Gasteiger partial charge in [0.2, 0.25) is 0 Å². The Bertz CT molecular complexity index is 533. The van der Waals surface area contributed by atoms with Crippen LogP contribution in [0.2, 0.25) is 0 Å². The highest BCUT2D eigenvalue weighted by Crippen LogP contribution is 2.15. The number of carbonyl (C=O) groups excluding carboxylic acids is 1. The second-order valence-corrected chi connectivity index (χ2v) is 5.29. The zero-order valence-corrected chi connectivity index (χ0v) is 10.9. The summed E-state index contributed by atoms with van der Waals surface area (Å²) >= 11 is 1.69. The van der Waals surface area contributed by atoms with Gasteiger partial charge in [-0.15, -0.1) is 11.3 Å². The average molecular weight is 261 g/mol. The van der Waals surface area contributed by atoms with Crippen molar-refractivity contribution in [2.75, 3.05) is 5.43 Å². The lowest BCUT2D eigenvalue weighted by atomic mass is 10.2. The Labute approximate surface area is 110 Å². The predicted molar refractivity (Wildman–Crippen MR) is 74.5 cm³/mol. The molecule has 5 heteroatoms. The van der Waals surface area contributed by atoms with Crippen LogP contribution in [0.25, 0.3) is 0 Å². The van der Waals surface area contributed by atoms with Crippen molar-refractivity contribution < 1.29 is 4.79 Å². The van der Waals surface area contributed by atoms with Gasteiger partial charge in [0.25, 0.3) is 5.91 Å². The van der Waals surface area contributed by atoms with Crippen molar-refractivity contribution in [1.82, 2.24) is 5.32 Å². The van der Waals surface area contributed by atoms with E-state index in [9.17, 15) is 4.79 Å². The van der Waals surface area contributed by atoms with Crippen molar-refractivity contribution in [3.8, 4) is 0 Å². The van der Waals surface area contributed by atoms with E-state index < -0.39 is 0 Å². The lowest BCUT2D eigenvalue weighted by Crippen LogP contribution is -2.22. The van der Waals surface area contributed by atoms with Gasteiger partial charge in [-0.2, -0.15) is 0 Å². The number of anilines is 1. The molecule has 1 aromatic heterocycles. The molecule has 0 atom stereocenters. The molecule has 1 heterocycles. The first-order valence-electron chi connectivity index (χ1n) is 5.59. The second-order valence-electron chi connectivity index (χ2n) is 3.92. The number of thiophene rings is 1. The van der Waals surface area contributed by atoms with Crippen LogP contribution in [0.5, 0.6) is 0 Å². The summed E-state index contributed by atoms with van der Waals surface area (Å²) in [5.41, 5.74) is 3.93. The molecule has 0 saturated heterocycles. The third-order valence-electron chi connectivity index (χ3n) is 2.53. The first kappa shape index (κ1) is 12.6. The fourth-order valence-corrected chi connectivity index (χ4v) is 2.40. The number of hydrazine groups is 1. The number of nitrogens with two attached hydrogens (primary N) is 1. The molecule has 0 unspecified atom stereocenters. The maximum absolute atomic E-state index is 11.9. The summed E-state index contributed by atoms with van der Waals surface area (Å²) in [6.07, 6.45) is 0. The molecule has 1 amide bonds. The number of nitrogens with one attached hydrogen (secondary N) is 2. The Kier molecular flexibility index (Phi) is 3.96. The third-order valence-corrected chi connectivity index (χ3v) is 3.53. The Morgan fingerprint density at radius 2 is 1.94 bits per heavy atom. The minimum absolute atomic E-state index is 0.0791. The molecule has 0 fully saturated rings. The maximum Gasteiger partial charge on any atom is 0.251 e. The lowest BCUT2D eigenvalue weighted by molar-refractivity contribution is 0.0951. The van der Waals surface area contributed by atoms with E-state index in [-0.39, 0.29) is 5.91 Å². The SMILES string of the molecule is Cc1ccc(CNC(=O)c2ccc(NN)cc2)s1. The summed E-state index contributed by atoms with van der Waals surface area (Å²) in [6, 6.07) is 11.1. The van der Waals surface area contributed by atoms with Gasteiger partial charge in [0.1, 0.15) is 0 Å². The number of benzene rings is 1. The normalized spacial score (nSPS) is 10.1. The van der Waals surface area contributed by atoms with Crippen LogP contribution in [0.3, 0.4) is 0 Å². The second kappa shape index (κ2) is 5.66. The minimum Gasteiger partial charge on any atom is -0.347 e. The average Bonchev–Trinajstić information content (AvgIpc) is 2.82. The molecule has 0 bridgehead atoms. The lowest BCUT2D eigenvalue weighted by Gasteiger charge is -2.05. The van der Waals surface area contributed by atoms with Gasteiger partial charge >= 0.3 is 0 Å². The molecule has 4 N–H and O–H groups in total. The van der Waals surface area contributed by atoms with Crippen LogP contribution in [-0.2, 0) is 6.54 Å². The summed E-state index contributed by atoms with van der Waals surface area (Å²) in [5, 5.41) is 2.89. The number of carbonyl (C=O) groups is 1. The summed E-state index contributed by atoms with van der Waals surface area (Å²) in [7, 11) is 0. The number of nitrogen functional groups attached to an aromatic ring is 1. The molecule has 0 saturated carbocycles. The molecule has 0 aliphatic carbocycles. The molecule has 0 aliphatic rings. The van der Waals surface area contributed by atoms with E-state index >= 15 is 0 Å². The van der Waals surface area contributed by atoms with E-state index in [4.69, 9.17) is 5.84 Å². The molecule has 0 radical (unpaired) electrons. The van der Waals surface area contributed by atoms with E-state index in [0.29, 0.717) is 12.1 Å². The van der Waals surface area contributed by atoms with Gasteiger partial charge in [0.05, 0.1) is 6.54 Å². The molecule has 0 spiro atoms. The van der Waals surface area contributed by atoms with Gasteiger partial charge in [0.15, 0.2) is 0 Å². The molecule has 94 valence electrons. The first-order chi connectivity index (χ1) is 8.69. The Balaban J connectivity index is 1.94. The van der Waals surface area contributed by atoms with E-state index in [1.807, 2.05) is 12.1 Å². The standard InChI is InChI=1S/C13H15N3OS/c1-9-2-7-12(18-9)8-15-13(17)10-3-5-11(16-14)6-4-10/h2-7,16H,8,14H2,1H3,(H,15,17). The minimum atomic E-state index is -0.0791. The predicted octanol–water partition coefficient (Wildman–Crippen LogP) is 2.27. The third kappa shape index (κ3) is 3.09. The summed E-state index contributed by atoms with van der Waals surface area (Å²) in [4.78, 5) is 14.3. The molecule has 1 aromatic carbocycles. The van der Waals surface area contributed by atoms with Crippen LogP contribution >= 0.6 is 11.3 Å². The summed E-state index contributed by atoms with van der Waals surface area (Å²) in [6.45, 7) is 2.61. The molecular weight excluding hydrogens is 246 g/mol. The van der Waals surface area contributed by atoms with Crippen LogP contribution in [0.4, 0.5) is 5.69 Å². The van der Waals surface area contributed by atoms with Crippen molar-refractivity contribution in [3.63, 3.8) is 0 Å². The molecule has 4 nitrogen and oxygen atoms in total. The van der Waals surface area contributed by atoms with Gasteiger partial charge in [-0.25, -0.2) is 0 Å². The smallest absolute Gasteiger partial charge is 0.251 e. The molecule has 0 aliphatic heterocycles. The summed E-state index contributed by atoms with van der Waals surface area (Å²) in [5.74, 6) is 5.18. The number of aryl methyl sites for hydroxylation is 1. The van der Waals surface area contributed by atoms with Crippen LogP contribution in [0.1, 0.15) is 20.1 Å². The van der Waals surface area contributed by atoms with Crippen molar-refractivity contribution in [1.29, 1.82) is 0 Å². The number of rotatable bonds is 4. The van der Waals surface area contributed by atoms with Gasteiger partial charge in [-0.05, 0) is 43.3 Å². The maximum atomic E-state index is 11.9. The fraction of sp³-hybridized carbons (Fsp3) is 0.154. The Hall–Kier alpha value is -1.85. The van der Waals surface area contributed by atoms with Crippen LogP contribution < -0.4 is 16.6 Å². The van der Waals surface area contributed by atoms with E-state index in [1.54, 1.807) is 35.6 Å². The first-order valence-corrected chi connectivity index (χ1v) is 6.41. The van der Waals surface area contributed by atoms with Crippen molar-refractivity contribution in [3.05, 3.63) is 51.7 Å². The molecule has 2 aromatic rings. The number of hydrogen-bond donors (Lipinski definition) is 3. The highest BCUT2D eigenvalue weighted by molar-refractivity contribution is 7.11. The van der Waals surface area contributed by atoms with Gasteiger partial charge in [-0.3, -0.25) is 10.6 Å². The van der Waals surface area contributed by atoms with E-state index in [0.717, 1.165) is 10.6 Å². The van der Waals surface area contributed by atoms with Crippen LogP contribution in [-0.4, -0.2) is 5.91 Å². The van der Waals surface area contributed by atoms with Crippen molar-refractivity contribution >= 4 is 22.9 Å². The summed E-state index contributed by atoms with van der Waals surface area (Å²) < 4.78 is 0. The van der Waals surface area contributed by atoms with E-state index in [1.165, 1.54) is 4.88 Å². The zero-order valence-electron chi connectivity index (χ0n) is 10.1. The van der Waals surface area contributed by atoms with Crippen LogP contribution in [0, 0.1) is 6.92 Å².